The lowest BCUT2D eigenvalue weighted by Gasteiger charge is -2.41. The Morgan fingerprint density at radius 3 is 1.40 bits per heavy atom. The topological polar surface area (TPSA) is 572 Å². The number of methoxy groups -OCH3 is 6. The van der Waals surface area contributed by atoms with Crippen molar-refractivity contribution in [2.24, 2.45) is 23.7 Å². The molecule has 8 unspecified atom stereocenters. The quantitative estimate of drug-likeness (QED) is 0.00563. The minimum atomic E-state index is -0.945. The summed E-state index contributed by atoms with van der Waals surface area (Å²) in [6, 6.07) is 9.43. The van der Waals surface area contributed by atoms with Gasteiger partial charge in [0.15, 0.2) is 30.9 Å². The maximum Gasteiger partial charge on any atom is 0.305 e. The van der Waals surface area contributed by atoms with Crippen LogP contribution in [0.2, 0.25) is 0 Å². The number of ether oxygens (including phenoxy) is 13. The average Bonchev–Trinajstić information content (AvgIpc) is 1.48. The third-order valence-electron chi connectivity index (χ3n) is 24.0. The van der Waals surface area contributed by atoms with Gasteiger partial charge >= 0.3 is 23.9 Å². The highest BCUT2D eigenvalue weighted by atomic mass is 33.1. The van der Waals surface area contributed by atoms with E-state index < -0.39 is 115 Å². The molecular weight excluding hydrogens is 1950 g/mol. The molecule has 17 atom stereocenters. The van der Waals surface area contributed by atoms with E-state index in [1.54, 1.807) is 47.7 Å². The summed E-state index contributed by atoms with van der Waals surface area (Å²) in [5.41, 5.74) is 0.816. The molecule has 0 radical (unpaired) electrons. The van der Waals surface area contributed by atoms with Crippen LogP contribution in [0.5, 0.6) is 0 Å². The number of esters is 3. The number of aliphatic hydroxyl groups is 5. The zero-order valence-corrected chi connectivity index (χ0v) is 91.9. The standard InChI is InChI=1S/C56H96N6O13.C26H42N4O9S2.C12H22O7.C7H16O4/c1-15-38(7)52(61(11)56(70)50(36(3)4)59-55(69)51(37(5)6)60(9)10)45(71-12)33-47(66)62-31-23-26-43(62)53(73-14)39(8)54(68)58-42(32-40-24-18-17-19-25-40)44(64)27-20-21-30-57-46(65)28-22-29-48(67)74-35-49(72-13)75-41(16-2)34-63;1-5-20(17-31)39-25(37-4)18-38-24(34)9-6-8-21(32)27-14-7-15-28-22(33)12-13-26(2,3)41-40-23-11-10-19(16-29-23)30(35)36;1-3-9(7-13)19-12(17-2)8-18-11(16)6-4-5-10(14)15;1-3-6(4-8)11-7(5-9)10-2/h17-19,24-25,36-39,41-43,45,49-53,63H,15-16,20-23,26-35H2,1-14H3,(H,57,65)(H,58,68)(H,59,69);10-11,16,20,25,31H,5-9,12-15,17-18H2,1-4H3,(H,27,32)(H,28,33);9,12-13H,3-8H2,1-2H3,(H,14,15);6-9H,3-5H2,1-2H3/t38-,39+,41?,42-,43-,45+,49?,50-,51-,52-,53+;;;/m0.../s1. The van der Waals surface area contributed by atoms with Crippen LogP contribution in [0.15, 0.2) is 53.7 Å². The fourth-order valence-corrected chi connectivity index (χ4v) is 17.2. The van der Waals surface area contributed by atoms with E-state index in [1.165, 1.54) is 58.6 Å². The summed E-state index contributed by atoms with van der Waals surface area (Å²) in [5, 5.41) is 79.2. The molecule has 0 bridgehead atoms. The van der Waals surface area contributed by atoms with Crippen molar-refractivity contribution in [2.75, 3.05) is 143 Å². The highest BCUT2D eigenvalue weighted by Gasteiger charge is 2.44. The lowest BCUT2D eigenvalue weighted by atomic mass is 9.89. The Labute approximate surface area is 871 Å². The summed E-state index contributed by atoms with van der Waals surface area (Å²) in [4.78, 5) is 172. The van der Waals surface area contributed by atoms with Gasteiger partial charge in [-0.05, 0) is 158 Å². The summed E-state index contributed by atoms with van der Waals surface area (Å²) < 4.78 is 68.6. The molecular formula is C101H176N10O33S2. The molecule has 7 amide bonds. The van der Waals surface area contributed by atoms with Crippen molar-refractivity contribution >= 4 is 98.3 Å². The van der Waals surface area contributed by atoms with Gasteiger partial charge in [0.2, 0.25) is 41.4 Å². The van der Waals surface area contributed by atoms with Crippen LogP contribution in [0.4, 0.5) is 5.69 Å². The van der Waals surface area contributed by atoms with Crippen LogP contribution >= 0.6 is 21.6 Å². The van der Waals surface area contributed by atoms with E-state index in [9.17, 15) is 77.9 Å². The van der Waals surface area contributed by atoms with Crippen LogP contribution in [0.1, 0.15) is 243 Å². The first-order chi connectivity index (χ1) is 69.4. The number of hydrogen-bond donors (Lipinski definition) is 11. The number of carbonyl (C=O) groups is 12. The van der Waals surface area contributed by atoms with Gasteiger partial charge in [0.05, 0.1) is 111 Å². The molecule has 2 aromatic rings. The number of likely N-dealkylation sites (tertiary alicyclic amines) is 1. The first-order valence-electron chi connectivity index (χ1n) is 50.6. The number of nitrogens with one attached hydrogen (secondary N) is 5. The normalized spacial score (nSPS) is 15.8. The summed E-state index contributed by atoms with van der Waals surface area (Å²) in [7, 11) is 17.1. The van der Waals surface area contributed by atoms with Crippen LogP contribution < -0.4 is 26.6 Å². The number of hydrogen-bond acceptors (Lipinski definition) is 36. The van der Waals surface area contributed by atoms with Crippen molar-refractivity contribution in [3.63, 3.8) is 0 Å². The molecule has 1 aromatic carbocycles. The maximum absolute atomic E-state index is 14.5. The number of amides is 7. The second kappa shape index (κ2) is 80.6. The molecule has 1 fully saturated rings. The highest BCUT2D eigenvalue weighted by molar-refractivity contribution is 8.77. The molecule has 11 N–H and O–H groups in total. The highest BCUT2D eigenvalue weighted by Crippen LogP contribution is 2.43. The third-order valence-corrected chi connectivity index (χ3v) is 27.3. The van der Waals surface area contributed by atoms with Crippen molar-refractivity contribution in [2.45, 2.75) is 346 Å². The molecule has 840 valence electrons. The number of nitrogens with zero attached hydrogens (tertiary/aromatic N) is 5. The number of carbonyl (C=O) groups excluding carboxylic acids is 11. The van der Waals surface area contributed by atoms with Gasteiger partial charge < -0.3 is 129 Å². The van der Waals surface area contributed by atoms with E-state index in [2.05, 4.69) is 31.6 Å². The van der Waals surface area contributed by atoms with Crippen molar-refractivity contribution in [3.05, 3.63) is 64.3 Å². The molecule has 146 heavy (non-hydrogen) atoms. The largest absolute Gasteiger partial charge is 0.481 e. The number of aliphatic hydroxyl groups excluding tert-OH is 5. The molecule has 43 nitrogen and oxygen atoms in total. The second-order valence-electron chi connectivity index (χ2n) is 36.8. The molecule has 3 rings (SSSR count). The number of rotatable bonds is 76. The Morgan fingerprint density at radius 1 is 0.541 bits per heavy atom. The number of Topliss-reactive ketones (excluding diaryl/α,β-unsaturated/α-hetero) is 1. The molecule has 1 saturated heterocycles. The van der Waals surface area contributed by atoms with Crippen LogP contribution in [-0.2, 0) is 126 Å². The third kappa shape index (κ3) is 58.7. The summed E-state index contributed by atoms with van der Waals surface area (Å²) in [6.45, 7) is 25.6. The van der Waals surface area contributed by atoms with Crippen LogP contribution in [0, 0.1) is 33.8 Å². The predicted molar refractivity (Wildman–Crippen MR) is 549 cm³/mol. The molecule has 0 spiro atoms. The average molecular weight is 2120 g/mol. The number of pyridine rings is 1. The van der Waals surface area contributed by atoms with Gasteiger partial charge in [-0.3, -0.25) is 72.5 Å². The number of carboxylic acid groups (broad SMARTS) is 1. The van der Waals surface area contributed by atoms with Gasteiger partial charge in [0.1, 0.15) is 37.1 Å². The Bertz CT molecular complexity index is 3930. The smallest absolute Gasteiger partial charge is 0.305 e. The zero-order chi connectivity index (χ0) is 110. The van der Waals surface area contributed by atoms with Crippen LogP contribution in [0.3, 0.4) is 0 Å². The van der Waals surface area contributed by atoms with E-state index in [0.29, 0.717) is 115 Å². The first-order valence-corrected chi connectivity index (χ1v) is 52.7. The van der Waals surface area contributed by atoms with Crippen molar-refractivity contribution in [1.29, 1.82) is 0 Å². The number of likely N-dealkylation sites (N-methyl/N-ethyl adjacent to an activating group) is 2. The van der Waals surface area contributed by atoms with Gasteiger partial charge in [-0.1, -0.05) is 124 Å². The minimum Gasteiger partial charge on any atom is -0.481 e. The van der Waals surface area contributed by atoms with Gasteiger partial charge in [-0.25, -0.2) is 4.98 Å². The number of benzene rings is 1. The molecule has 0 saturated carbocycles. The Balaban J connectivity index is 0.00000243. The SMILES string of the molecule is CCC(CO)OC(CO)OC.CCC(CO)OC(COC(=O)CCCC(=O)NCCCCC(=O)[C@H](Cc1ccccc1)NC(=O)[C@H](C)[C@@H](OC)[C@@H]1CCCN1C(=O)C[C@@H](OC)[C@H]([C@@H](C)CC)N(C)C(=O)[C@@H](NC(=O)[C@H](C(C)C)N(C)C)C(C)C)OC.CCC(CO)OC(COC(=O)CCCC(=O)NCCCNC(=O)CCC(C)(C)SSc1ccc([N+](=O)[O-])cn1)OC.CCC(CO)OC(COC(=O)CCCC(=O)O)OC. The second-order valence-corrected chi connectivity index (χ2v) is 39.7. The van der Waals surface area contributed by atoms with E-state index in [-0.39, 0.29) is 211 Å². The summed E-state index contributed by atoms with van der Waals surface area (Å²) in [5.74, 6) is -5.13. The van der Waals surface area contributed by atoms with Gasteiger partial charge in [0.25, 0.3) is 5.69 Å². The molecule has 1 aliphatic heterocycles. The molecule has 2 heterocycles. The van der Waals surface area contributed by atoms with Crippen molar-refractivity contribution in [1.82, 2.24) is 46.3 Å². The van der Waals surface area contributed by atoms with Gasteiger partial charge in [-0.2, -0.15) is 0 Å². The number of nitro groups is 1. The predicted octanol–water partition coefficient (Wildman–Crippen LogP) is 8.36. The fraction of sp³-hybridized carbons (Fsp3) is 0.772. The number of aliphatic carboxylic acids is 1. The van der Waals surface area contributed by atoms with Gasteiger partial charge in [0, 0.05) is 138 Å². The fourth-order valence-electron chi connectivity index (χ4n) is 15.1. The summed E-state index contributed by atoms with van der Waals surface area (Å²) in [6.07, 6.45) is 4.10. The lowest BCUT2D eigenvalue weighted by molar-refractivity contribution is -0.385. The molecule has 1 aliphatic rings. The molecule has 1 aromatic heterocycles. The van der Waals surface area contributed by atoms with E-state index in [0.717, 1.165) is 5.56 Å². The molecule has 45 heteroatoms. The maximum atomic E-state index is 14.5. The lowest BCUT2D eigenvalue weighted by Crippen LogP contribution is -2.59. The zero-order valence-electron chi connectivity index (χ0n) is 90.3. The monoisotopic (exact) mass is 2120 g/mol. The Kier molecular flexibility index (Phi) is 76.0. The van der Waals surface area contributed by atoms with Crippen molar-refractivity contribution in [3.8, 4) is 0 Å². The Morgan fingerprint density at radius 2 is 1.01 bits per heavy atom. The number of ketones is 1. The number of aromatic nitrogens is 1. The number of carboxylic acids is 1. The van der Waals surface area contributed by atoms with Crippen LogP contribution in [-0.4, -0.2) is 366 Å². The Hall–Kier alpha value is -8.33. The summed E-state index contributed by atoms with van der Waals surface area (Å²) >= 11 is 0. The number of unbranched alkanes of at least 4 members (excludes halogenated alkanes) is 1. The van der Waals surface area contributed by atoms with E-state index in [4.69, 9.17) is 82.0 Å². The van der Waals surface area contributed by atoms with Crippen LogP contribution in [0.25, 0.3) is 0 Å². The van der Waals surface area contributed by atoms with E-state index in [1.807, 2.05) is 132 Å². The van der Waals surface area contributed by atoms with Gasteiger partial charge in [-0.15, -0.1) is 0 Å². The first kappa shape index (κ1) is 138. The van der Waals surface area contributed by atoms with Crippen molar-refractivity contribution < 1.29 is 155 Å². The minimum absolute atomic E-state index is 0.0157. The van der Waals surface area contributed by atoms with E-state index >= 15 is 0 Å². The molecule has 0 aliphatic carbocycles.